The zero-order valence-corrected chi connectivity index (χ0v) is 22.5. The Kier molecular flexibility index (Phi) is 12.5. The first-order chi connectivity index (χ1) is 12.3. The molecule has 0 saturated heterocycles. The molecule has 0 radical (unpaired) electrons. The van der Waals surface area contributed by atoms with Crippen LogP contribution in [-0.4, -0.2) is 5.43 Å². The van der Waals surface area contributed by atoms with Gasteiger partial charge in [0.15, 0.2) is 0 Å². The molecule has 0 unspecified atom stereocenters. The summed E-state index contributed by atoms with van der Waals surface area (Å²) in [4.78, 5) is 0. The van der Waals surface area contributed by atoms with Crippen molar-refractivity contribution < 1.29 is 48.1 Å². The molecule has 0 atom stereocenters. The van der Waals surface area contributed by atoms with Gasteiger partial charge in [0.05, 0.1) is 0 Å². The third-order valence-corrected chi connectivity index (χ3v) is 4.29. The SMILES string of the molecule is C[Si](C)=[Zr+2].Cc1ccc2[cH-]cc(C)c2c1.Cc1ccc2[cH-]cc(C)c2c1.[Cl-].[Cl-]. The van der Waals surface area contributed by atoms with Gasteiger partial charge in [-0.25, -0.2) is 0 Å². The Labute approximate surface area is 197 Å². The van der Waals surface area contributed by atoms with Crippen LogP contribution in [0.1, 0.15) is 22.3 Å². The van der Waals surface area contributed by atoms with E-state index in [1.807, 2.05) is 0 Å². The fourth-order valence-corrected chi connectivity index (χ4v) is 2.92. The molecule has 0 spiro atoms. The maximum Gasteiger partial charge on any atom is -0.0414 e. The molecule has 0 fully saturated rings. The van der Waals surface area contributed by atoms with Crippen LogP contribution in [0.25, 0.3) is 21.5 Å². The molecule has 4 aromatic carbocycles. The van der Waals surface area contributed by atoms with Crippen LogP contribution < -0.4 is 24.8 Å². The molecule has 0 saturated carbocycles. The first-order valence-electron chi connectivity index (χ1n) is 9.05. The largest absolute Gasteiger partial charge is 1.00 e. The van der Waals surface area contributed by atoms with Gasteiger partial charge in [-0.3, -0.25) is 0 Å². The maximum absolute atomic E-state index is 2.31. The predicted molar refractivity (Wildman–Crippen MR) is 116 cm³/mol. The Hall–Kier alpha value is -0.660. The van der Waals surface area contributed by atoms with E-state index in [0.717, 1.165) is 0 Å². The van der Waals surface area contributed by atoms with E-state index in [2.05, 4.69) is 101 Å². The fraction of sp³-hybridized carbons (Fsp3) is 0.250. The molecule has 0 heterocycles. The number of hydrogen-bond acceptors (Lipinski definition) is 0. The van der Waals surface area contributed by atoms with Gasteiger partial charge in [0, 0.05) is 0 Å². The predicted octanol–water partition coefficient (Wildman–Crippen LogP) is 1.14. The van der Waals surface area contributed by atoms with Gasteiger partial charge in [-0.1, -0.05) is 25.0 Å². The van der Waals surface area contributed by atoms with Gasteiger partial charge in [0.2, 0.25) is 0 Å². The van der Waals surface area contributed by atoms with Gasteiger partial charge in [0.1, 0.15) is 0 Å². The Morgan fingerprint density at radius 2 is 1.00 bits per heavy atom. The zero-order chi connectivity index (χ0) is 19.3. The van der Waals surface area contributed by atoms with Crippen LogP contribution in [0.5, 0.6) is 0 Å². The van der Waals surface area contributed by atoms with Crippen LogP contribution >= 0.6 is 0 Å². The van der Waals surface area contributed by atoms with E-state index in [4.69, 9.17) is 0 Å². The normalized spacial score (nSPS) is 9.43. The molecule has 0 aromatic heterocycles. The van der Waals surface area contributed by atoms with Crippen LogP contribution in [0.3, 0.4) is 0 Å². The second-order valence-electron chi connectivity index (χ2n) is 7.21. The summed E-state index contributed by atoms with van der Waals surface area (Å²) in [6, 6.07) is 21.8. The van der Waals surface area contributed by atoms with Crippen LogP contribution in [0.15, 0.2) is 60.7 Å². The minimum Gasteiger partial charge on any atom is -1.00 e. The molecule has 4 rings (SSSR count). The topological polar surface area (TPSA) is 0 Å². The Morgan fingerprint density at radius 3 is 1.32 bits per heavy atom. The monoisotopic (exact) mass is 504 g/mol. The summed E-state index contributed by atoms with van der Waals surface area (Å²) < 4.78 is 0. The molecule has 0 aliphatic rings. The molecule has 0 aliphatic carbocycles. The average Bonchev–Trinajstić information content (AvgIpc) is 3.11. The molecular formula is C24H28Cl2SiZr-2. The summed E-state index contributed by atoms with van der Waals surface area (Å²) in [5.41, 5.74) is 5.65. The Morgan fingerprint density at radius 1 is 0.679 bits per heavy atom. The van der Waals surface area contributed by atoms with Crippen molar-refractivity contribution in [2.24, 2.45) is 0 Å². The first-order valence-corrected chi connectivity index (χ1v) is 15.2. The summed E-state index contributed by atoms with van der Waals surface area (Å²) in [6.45, 7) is 13.2. The van der Waals surface area contributed by atoms with E-state index in [1.54, 1.807) is 23.3 Å². The van der Waals surface area contributed by atoms with Gasteiger partial charge in [-0.15, -0.1) is 70.1 Å². The second kappa shape index (κ2) is 12.8. The van der Waals surface area contributed by atoms with Crippen molar-refractivity contribution in [3.8, 4) is 0 Å². The smallest absolute Gasteiger partial charge is 0.0414 e. The number of hydrogen-bond donors (Lipinski definition) is 0. The number of rotatable bonds is 0. The molecule has 0 N–H and O–H groups in total. The minimum atomic E-state index is 0. The van der Waals surface area contributed by atoms with Crippen molar-refractivity contribution in [1.29, 1.82) is 0 Å². The van der Waals surface area contributed by atoms with Crippen LogP contribution in [0, 0.1) is 27.7 Å². The van der Waals surface area contributed by atoms with Gasteiger partial charge in [-0.05, 0) is 13.8 Å². The second-order valence-corrected chi connectivity index (χ2v) is 16.6. The summed E-state index contributed by atoms with van der Waals surface area (Å²) in [5, 5.41) is 5.50. The molecule has 0 aliphatic heterocycles. The summed E-state index contributed by atoms with van der Waals surface area (Å²) in [6.07, 6.45) is 0. The maximum atomic E-state index is 2.31. The molecule has 0 nitrogen and oxygen atoms in total. The first kappa shape index (κ1) is 27.3. The quantitative estimate of drug-likeness (QED) is 0.248. The molecular weight excluding hydrogens is 478 g/mol. The Bertz CT molecular complexity index is 946. The zero-order valence-electron chi connectivity index (χ0n) is 17.5. The van der Waals surface area contributed by atoms with Gasteiger partial charge in [-0.2, -0.15) is 23.3 Å². The van der Waals surface area contributed by atoms with E-state index >= 15 is 0 Å². The standard InChI is InChI=1S/2C11H11.C2H6Si.2ClH.Zr/c2*1-8-3-5-10-6-4-9(2)11(10)7-8;1-3-2;;;/h2*3-7H,1-2H3;1-2H3;2*1H;/q2*-1;;;;+2/p-2. The molecule has 0 bridgehead atoms. The summed E-state index contributed by atoms with van der Waals surface area (Å²) in [5.74, 6) is 0. The van der Waals surface area contributed by atoms with Gasteiger partial charge < -0.3 is 24.8 Å². The molecule has 4 heteroatoms. The van der Waals surface area contributed by atoms with E-state index in [-0.39, 0.29) is 30.2 Å². The van der Waals surface area contributed by atoms with Crippen LogP contribution in [0.4, 0.5) is 0 Å². The summed E-state index contributed by atoms with van der Waals surface area (Å²) in [7, 11) is 0. The van der Waals surface area contributed by atoms with Crippen molar-refractivity contribution >= 4 is 27.0 Å². The van der Waals surface area contributed by atoms with Crippen molar-refractivity contribution in [3.63, 3.8) is 0 Å². The van der Waals surface area contributed by atoms with Crippen LogP contribution in [-0.2, 0) is 23.3 Å². The Balaban J connectivity index is 0.000000415. The van der Waals surface area contributed by atoms with Crippen molar-refractivity contribution in [2.45, 2.75) is 40.8 Å². The third-order valence-electron chi connectivity index (χ3n) is 4.29. The average molecular weight is 507 g/mol. The summed E-state index contributed by atoms with van der Waals surface area (Å²) >= 11 is 1.74. The van der Waals surface area contributed by atoms with E-state index in [0.29, 0.717) is 0 Å². The number of fused-ring (bicyclic) bond motifs is 2. The molecule has 148 valence electrons. The fourth-order valence-electron chi connectivity index (χ4n) is 2.92. The number of halogens is 2. The van der Waals surface area contributed by atoms with Gasteiger partial charge >= 0.3 is 41.9 Å². The van der Waals surface area contributed by atoms with E-state index in [9.17, 15) is 0 Å². The van der Waals surface area contributed by atoms with E-state index in [1.165, 1.54) is 43.8 Å². The molecule has 4 aromatic rings. The van der Waals surface area contributed by atoms with Crippen molar-refractivity contribution in [1.82, 2.24) is 0 Å². The van der Waals surface area contributed by atoms with Crippen LogP contribution in [0.2, 0.25) is 13.1 Å². The van der Waals surface area contributed by atoms with E-state index < -0.39 is 0 Å². The van der Waals surface area contributed by atoms with Gasteiger partial charge in [0.25, 0.3) is 0 Å². The number of aryl methyl sites for hydroxylation is 4. The minimum absolute atomic E-state index is 0. The third kappa shape index (κ3) is 7.99. The number of benzene rings is 2. The molecule has 0 amide bonds. The molecule has 28 heavy (non-hydrogen) atoms. The van der Waals surface area contributed by atoms with Crippen molar-refractivity contribution in [2.75, 3.05) is 0 Å². The van der Waals surface area contributed by atoms with Crippen molar-refractivity contribution in [3.05, 3.63) is 82.9 Å².